The number of hydrogen-bond donors (Lipinski definition) is 0. The van der Waals surface area contributed by atoms with Crippen LogP contribution in [0.2, 0.25) is 0 Å². The minimum absolute atomic E-state index is 0.0443. The van der Waals surface area contributed by atoms with E-state index in [1.54, 1.807) is 18.3 Å². The lowest BCUT2D eigenvalue weighted by Gasteiger charge is -2.33. The van der Waals surface area contributed by atoms with E-state index in [9.17, 15) is 13.2 Å². The van der Waals surface area contributed by atoms with Gasteiger partial charge in [-0.15, -0.1) is 0 Å². The van der Waals surface area contributed by atoms with Gasteiger partial charge in [-0.1, -0.05) is 18.9 Å². The summed E-state index contributed by atoms with van der Waals surface area (Å²) in [7, 11) is -1.41. The molecule has 1 saturated heterocycles. The van der Waals surface area contributed by atoms with Crippen LogP contribution in [0.1, 0.15) is 55.6 Å². The Morgan fingerprint density at radius 1 is 1.09 bits per heavy atom. The zero-order chi connectivity index (χ0) is 23.0. The van der Waals surface area contributed by atoms with Crippen LogP contribution >= 0.6 is 0 Å². The minimum Gasteiger partial charge on any atom is -0.350 e. The summed E-state index contributed by atoms with van der Waals surface area (Å²) in [6.07, 6.45) is 11.5. The van der Waals surface area contributed by atoms with Gasteiger partial charge >= 0.3 is 0 Å². The maximum absolute atomic E-state index is 12.9. The van der Waals surface area contributed by atoms with Gasteiger partial charge in [-0.3, -0.25) is 9.78 Å². The summed E-state index contributed by atoms with van der Waals surface area (Å²) in [5, 5.41) is 1.12. The third kappa shape index (κ3) is 4.43. The normalized spacial score (nSPS) is 18.3. The Bertz CT molecular complexity index is 1250. The van der Waals surface area contributed by atoms with Crippen LogP contribution in [0.3, 0.4) is 0 Å². The number of aromatic nitrogens is 2. The molecule has 0 unspecified atom stereocenters. The van der Waals surface area contributed by atoms with Crippen LogP contribution in [-0.4, -0.2) is 41.9 Å². The van der Waals surface area contributed by atoms with E-state index >= 15 is 0 Å². The molecular weight excluding hydrogens is 434 g/mol. The van der Waals surface area contributed by atoms with Crippen LogP contribution in [0.25, 0.3) is 10.9 Å². The van der Waals surface area contributed by atoms with Gasteiger partial charge in [0.25, 0.3) is 0 Å². The number of piperidine rings is 1. The number of rotatable bonds is 5. The molecule has 33 heavy (non-hydrogen) atoms. The molecule has 1 aliphatic heterocycles. The maximum Gasteiger partial charge on any atom is 0.225 e. The molecule has 3 heterocycles. The fourth-order valence-electron chi connectivity index (χ4n) is 5.56. The molecule has 2 aliphatic rings. The van der Waals surface area contributed by atoms with E-state index in [4.69, 9.17) is 0 Å². The standard InChI is InChI=1S/C26H31N3O3S/c1-28-17-24(20-10-13-29(14-11-20)26(30)21-5-2-3-6-21)23-15-19(8-9-25(23)28)18-33(31,32)22-7-4-12-27-16-22/h4,7-9,12,15-17,20-21H,2-3,5-6,10-11,13-14,18H2,1H3. The number of hydrogen-bond acceptors (Lipinski definition) is 4. The van der Waals surface area contributed by atoms with Crippen LogP contribution in [0, 0.1) is 5.92 Å². The fraction of sp³-hybridized carbons (Fsp3) is 0.462. The van der Waals surface area contributed by atoms with Gasteiger partial charge in [0.1, 0.15) is 0 Å². The van der Waals surface area contributed by atoms with E-state index in [1.165, 1.54) is 24.6 Å². The molecule has 3 aromatic rings. The molecule has 1 aromatic carbocycles. The first-order valence-electron chi connectivity index (χ1n) is 11.9. The highest BCUT2D eigenvalue weighted by atomic mass is 32.2. The number of amides is 1. The van der Waals surface area contributed by atoms with Crippen molar-refractivity contribution in [2.24, 2.45) is 13.0 Å². The Hall–Kier alpha value is -2.67. The maximum atomic E-state index is 12.9. The lowest BCUT2D eigenvalue weighted by molar-refractivity contribution is -0.136. The summed E-state index contributed by atoms with van der Waals surface area (Å²) in [5.41, 5.74) is 3.16. The van der Waals surface area contributed by atoms with Crippen molar-refractivity contribution in [3.05, 3.63) is 60.0 Å². The molecule has 2 fully saturated rings. The second-order valence-corrected chi connectivity index (χ2v) is 11.6. The Balaban J connectivity index is 1.35. The average molecular weight is 466 g/mol. The van der Waals surface area contributed by atoms with Crippen LogP contribution in [0.4, 0.5) is 0 Å². The summed E-state index contributed by atoms with van der Waals surface area (Å²) >= 11 is 0. The molecule has 0 radical (unpaired) electrons. The first-order valence-corrected chi connectivity index (χ1v) is 13.6. The third-order valence-corrected chi connectivity index (χ3v) is 9.06. The second-order valence-electron chi connectivity index (χ2n) is 9.58. The topological polar surface area (TPSA) is 72.3 Å². The number of likely N-dealkylation sites (tertiary alicyclic amines) is 1. The van der Waals surface area contributed by atoms with E-state index in [-0.39, 0.29) is 16.6 Å². The highest BCUT2D eigenvalue weighted by Gasteiger charge is 2.31. The van der Waals surface area contributed by atoms with Crippen LogP contribution in [-0.2, 0) is 27.4 Å². The van der Waals surface area contributed by atoms with Gasteiger partial charge in [0.05, 0.1) is 10.6 Å². The Labute approximate surface area is 195 Å². The van der Waals surface area contributed by atoms with Crippen molar-refractivity contribution < 1.29 is 13.2 Å². The van der Waals surface area contributed by atoms with Crippen LogP contribution in [0.5, 0.6) is 0 Å². The largest absolute Gasteiger partial charge is 0.350 e. The van der Waals surface area contributed by atoms with E-state index in [2.05, 4.69) is 20.6 Å². The van der Waals surface area contributed by atoms with Gasteiger partial charge < -0.3 is 9.47 Å². The van der Waals surface area contributed by atoms with Gasteiger partial charge in [0.2, 0.25) is 5.91 Å². The minimum atomic E-state index is -3.45. The highest BCUT2D eigenvalue weighted by molar-refractivity contribution is 7.90. The molecule has 6 nitrogen and oxygen atoms in total. The molecule has 0 N–H and O–H groups in total. The van der Waals surface area contributed by atoms with E-state index in [0.717, 1.165) is 55.2 Å². The fourth-order valence-corrected chi connectivity index (χ4v) is 6.85. The Morgan fingerprint density at radius 3 is 2.55 bits per heavy atom. The van der Waals surface area contributed by atoms with Gasteiger partial charge in [-0.25, -0.2) is 8.42 Å². The van der Waals surface area contributed by atoms with Gasteiger partial charge in [-0.2, -0.15) is 0 Å². The highest BCUT2D eigenvalue weighted by Crippen LogP contribution is 2.36. The number of sulfone groups is 1. The summed E-state index contributed by atoms with van der Waals surface area (Å²) in [6, 6.07) is 9.20. The lowest BCUT2D eigenvalue weighted by Crippen LogP contribution is -2.40. The molecule has 2 aromatic heterocycles. The summed E-state index contributed by atoms with van der Waals surface area (Å²) in [4.78, 5) is 19.1. The Morgan fingerprint density at radius 2 is 1.85 bits per heavy atom. The first-order chi connectivity index (χ1) is 15.9. The van der Waals surface area contributed by atoms with E-state index in [0.29, 0.717) is 11.8 Å². The number of fused-ring (bicyclic) bond motifs is 1. The number of aryl methyl sites for hydroxylation is 1. The van der Waals surface area contributed by atoms with Crippen LogP contribution < -0.4 is 0 Å². The van der Waals surface area contributed by atoms with E-state index in [1.807, 2.05) is 25.2 Å². The van der Waals surface area contributed by atoms with Crippen molar-refractivity contribution in [3.63, 3.8) is 0 Å². The predicted molar refractivity (Wildman–Crippen MR) is 129 cm³/mol. The van der Waals surface area contributed by atoms with Crippen molar-refractivity contribution in [1.29, 1.82) is 0 Å². The van der Waals surface area contributed by atoms with Crippen molar-refractivity contribution in [1.82, 2.24) is 14.5 Å². The van der Waals surface area contributed by atoms with Gasteiger partial charge in [-0.05, 0) is 67.0 Å². The second kappa shape index (κ2) is 8.93. The smallest absolute Gasteiger partial charge is 0.225 e. The number of carbonyl (C=O) groups excluding carboxylic acids is 1. The van der Waals surface area contributed by atoms with Crippen LogP contribution in [0.15, 0.2) is 53.8 Å². The average Bonchev–Trinajstić information content (AvgIpc) is 3.48. The summed E-state index contributed by atoms with van der Waals surface area (Å²) in [6.45, 7) is 1.62. The molecule has 0 bridgehead atoms. The Kier molecular flexibility index (Phi) is 5.99. The number of benzene rings is 1. The molecule has 7 heteroatoms. The first kappa shape index (κ1) is 22.1. The number of pyridine rings is 1. The molecule has 174 valence electrons. The molecule has 0 atom stereocenters. The van der Waals surface area contributed by atoms with Gasteiger partial charge in [0, 0.05) is 55.5 Å². The predicted octanol–water partition coefficient (Wildman–Crippen LogP) is 4.44. The molecule has 1 amide bonds. The van der Waals surface area contributed by atoms with Crippen molar-refractivity contribution >= 4 is 26.6 Å². The van der Waals surface area contributed by atoms with Crippen molar-refractivity contribution in [3.8, 4) is 0 Å². The summed E-state index contributed by atoms with van der Waals surface area (Å²) < 4.78 is 27.8. The molecule has 1 aliphatic carbocycles. The number of nitrogens with zero attached hydrogens (tertiary/aromatic N) is 3. The van der Waals surface area contributed by atoms with Crippen molar-refractivity contribution in [2.45, 2.75) is 55.1 Å². The molecule has 1 saturated carbocycles. The SMILES string of the molecule is Cn1cc(C2CCN(C(=O)C3CCCC3)CC2)c2cc(CS(=O)(=O)c3cccnc3)ccc21. The number of carbonyl (C=O) groups is 1. The zero-order valence-corrected chi connectivity index (χ0v) is 19.9. The quantitative estimate of drug-likeness (QED) is 0.558. The lowest BCUT2D eigenvalue weighted by atomic mass is 9.88. The molecular formula is C26H31N3O3S. The summed E-state index contributed by atoms with van der Waals surface area (Å²) in [5.74, 6) is 0.929. The van der Waals surface area contributed by atoms with Crippen molar-refractivity contribution in [2.75, 3.05) is 13.1 Å². The van der Waals surface area contributed by atoms with Gasteiger partial charge in [0.15, 0.2) is 9.84 Å². The monoisotopic (exact) mass is 465 g/mol. The zero-order valence-electron chi connectivity index (χ0n) is 19.1. The molecule has 5 rings (SSSR count). The van der Waals surface area contributed by atoms with E-state index < -0.39 is 9.84 Å². The third-order valence-electron chi connectivity index (χ3n) is 7.39. The molecule has 0 spiro atoms.